The van der Waals surface area contributed by atoms with Gasteiger partial charge in [-0.25, -0.2) is 4.39 Å². The van der Waals surface area contributed by atoms with Gasteiger partial charge in [-0.2, -0.15) is 4.99 Å². The Kier molecular flexibility index (Phi) is 3.64. The summed E-state index contributed by atoms with van der Waals surface area (Å²) in [5.74, 6) is -0.511. The molecule has 0 aliphatic carbocycles. The summed E-state index contributed by atoms with van der Waals surface area (Å²) < 4.78 is 50.3. The van der Waals surface area contributed by atoms with E-state index in [-0.39, 0.29) is 11.3 Å². The van der Waals surface area contributed by atoms with Crippen LogP contribution in [0.15, 0.2) is 59.6 Å². The highest BCUT2D eigenvalue weighted by Crippen LogP contribution is 2.21. The average molecular weight is 267 g/mol. The van der Waals surface area contributed by atoms with E-state index in [1.807, 2.05) is 0 Å². The summed E-state index contributed by atoms with van der Waals surface area (Å²) in [5, 5.41) is 0. The van der Waals surface area contributed by atoms with Gasteiger partial charge in [-0.3, -0.25) is 0 Å². The lowest BCUT2D eigenvalue weighted by Crippen LogP contribution is -2.12. The predicted octanol–water partition coefficient (Wildman–Crippen LogP) is 4.18. The zero-order valence-corrected chi connectivity index (χ0v) is 9.66. The molecule has 0 N–H and O–H groups in total. The second-order valence-corrected chi connectivity index (χ2v) is 3.80. The van der Waals surface area contributed by atoms with Gasteiger partial charge < -0.3 is 0 Å². The molecule has 0 aliphatic rings. The smallest absolute Gasteiger partial charge is 0.207 e. The molecule has 0 saturated carbocycles. The fraction of sp³-hybridized carbons (Fsp3) is 0.0714. The molecule has 2 aromatic carbocycles. The van der Waals surface area contributed by atoms with Gasteiger partial charge >= 0.3 is 6.30 Å². The Morgan fingerprint density at radius 3 is 1.84 bits per heavy atom. The number of alkyl halides is 3. The van der Waals surface area contributed by atoms with Crippen molar-refractivity contribution < 1.29 is 17.6 Å². The van der Waals surface area contributed by atoms with Crippen LogP contribution in [-0.2, 0) is 0 Å². The Morgan fingerprint density at radius 1 is 0.789 bits per heavy atom. The van der Waals surface area contributed by atoms with Gasteiger partial charge in [0.05, 0.1) is 5.71 Å². The van der Waals surface area contributed by atoms with Gasteiger partial charge in [0.1, 0.15) is 5.82 Å². The van der Waals surface area contributed by atoms with Gasteiger partial charge in [0.2, 0.25) is 0 Å². The lowest BCUT2D eigenvalue weighted by molar-refractivity contribution is -0.119. The molecule has 0 heterocycles. The molecule has 2 rings (SSSR count). The van der Waals surface area contributed by atoms with Crippen LogP contribution in [0.25, 0.3) is 0 Å². The van der Waals surface area contributed by atoms with Crippen molar-refractivity contribution in [2.45, 2.75) is 6.30 Å². The first-order chi connectivity index (χ1) is 8.96. The van der Waals surface area contributed by atoms with Crippen LogP contribution in [0.4, 0.5) is 17.6 Å². The molecule has 0 bridgehead atoms. The molecule has 19 heavy (non-hydrogen) atoms. The number of nitrogens with zero attached hydrogens (tertiary/aromatic N) is 1. The number of halogens is 4. The summed E-state index contributed by atoms with van der Waals surface area (Å²) in [7, 11) is 0. The second kappa shape index (κ2) is 5.22. The Balaban J connectivity index is 2.53. The van der Waals surface area contributed by atoms with Crippen molar-refractivity contribution in [2.75, 3.05) is 0 Å². The van der Waals surface area contributed by atoms with Gasteiger partial charge in [-0.15, -0.1) is 13.2 Å². The molecular weight excluding hydrogens is 258 g/mol. The van der Waals surface area contributed by atoms with Crippen molar-refractivity contribution in [1.29, 1.82) is 0 Å². The van der Waals surface area contributed by atoms with E-state index in [1.165, 1.54) is 24.3 Å². The van der Waals surface area contributed by atoms with Crippen LogP contribution < -0.4 is 0 Å². The van der Waals surface area contributed by atoms with E-state index in [4.69, 9.17) is 0 Å². The molecule has 0 spiro atoms. The maximum Gasteiger partial charge on any atom is 0.503 e. The highest BCUT2D eigenvalue weighted by Gasteiger charge is 2.28. The van der Waals surface area contributed by atoms with E-state index >= 15 is 0 Å². The molecule has 5 heteroatoms. The SMILES string of the molecule is Fc1ccc(/C(=N/C(F)(F)F)c2ccccc2)cc1. The molecule has 0 unspecified atom stereocenters. The van der Waals surface area contributed by atoms with Crippen LogP contribution in [0.5, 0.6) is 0 Å². The van der Waals surface area contributed by atoms with Crippen molar-refractivity contribution in [3.63, 3.8) is 0 Å². The van der Waals surface area contributed by atoms with Crippen LogP contribution >= 0.6 is 0 Å². The molecule has 0 saturated heterocycles. The summed E-state index contributed by atoms with van der Waals surface area (Å²) >= 11 is 0. The Bertz CT molecular complexity index is 571. The van der Waals surface area contributed by atoms with Crippen LogP contribution in [0.2, 0.25) is 0 Å². The summed E-state index contributed by atoms with van der Waals surface area (Å²) in [4.78, 5) is 2.77. The van der Waals surface area contributed by atoms with Gasteiger partial charge in [-0.1, -0.05) is 30.3 Å². The molecule has 0 fully saturated rings. The standard InChI is InChI=1S/C14H9F4N/c15-12-8-6-11(7-9-12)13(19-14(16,17)18)10-4-2-1-3-5-10/h1-9H/b19-13+. The summed E-state index contributed by atoms with van der Waals surface area (Å²) in [6.45, 7) is 0. The lowest BCUT2D eigenvalue weighted by Gasteiger charge is -2.09. The van der Waals surface area contributed by atoms with E-state index in [0.29, 0.717) is 5.56 Å². The second-order valence-electron chi connectivity index (χ2n) is 3.80. The van der Waals surface area contributed by atoms with Crippen LogP contribution in [0.1, 0.15) is 11.1 Å². The van der Waals surface area contributed by atoms with E-state index in [2.05, 4.69) is 4.99 Å². The van der Waals surface area contributed by atoms with E-state index in [1.54, 1.807) is 18.2 Å². The number of rotatable bonds is 2. The Hall–Kier alpha value is -2.17. The number of hydrogen-bond donors (Lipinski definition) is 0. The molecule has 2 aromatic rings. The number of benzene rings is 2. The third-order valence-electron chi connectivity index (χ3n) is 2.40. The van der Waals surface area contributed by atoms with Crippen LogP contribution in [-0.4, -0.2) is 12.0 Å². The summed E-state index contributed by atoms with van der Waals surface area (Å²) in [6, 6.07) is 12.7. The monoisotopic (exact) mass is 267 g/mol. The normalized spacial score (nSPS) is 12.5. The minimum Gasteiger partial charge on any atom is -0.207 e. The third kappa shape index (κ3) is 3.64. The van der Waals surface area contributed by atoms with Crippen molar-refractivity contribution >= 4 is 5.71 Å². The lowest BCUT2D eigenvalue weighted by atomic mass is 10.0. The summed E-state index contributed by atoms with van der Waals surface area (Å²) in [5.41, 5.74) is 0.310. The molecule has 0 aromatic heterocycles. The minimum atomic E-state index is -4.68. The van der Waals surface area contributed by atoms with E-state index in [0.717, 1.165) is 12.1 Å². The minimum absolute atomic E-state index is 0.213. The largest absolute Gasteiger partial charge is 0.503 e. The van der Waals surface area contributed by atoms with E-state index in [9.17, 15) is 17.6 Å². The Morgan fingerprint density at radius 2 is 1.32 bits per heavy atom. The topological polar surface area (TPSA) is 12.4 Å². The maximum absolute atomic E-state index is 12.8. The molecule has 0 atom stereocenters. The van der Waals surface area contributed by atoms with Crippen molar-refractivity contribution in [2.24, 2.45) is 4.99 Å². The quantitative estimate of drug-likeness (QED) is 0.439. The molecule has 0 aliphatic heterocycles. The van der Waals surface area contributed by atoms with Crippen molar-refractivity contribution in [3.05, 3.63) is 71.5 Å². The highest BCUT2D eigenvalue weighted by molar-refractivity contribution is 6.12. The fourth-order valence-electron chi connectivity index (χ4n) is 1.63. The highest BCUT2D eigenvalue weighted by atomic mass is 19.4. The average Bonchev–Trinajstić information content (AvgIpc) is 2.37. The first-order valence-corrected chi connectivity index (χ1v) is 5.44. The fourth-order valence-corrected chi connectivity index (χ4v) is 1.63. The zero-order chi connectivity index (χ0) is 13.9. The zero-order valence-electron chi connectivity index (χ0n) is 9.66. The molecule has 98 valence electrons. The van der Waals surface area contributed by atoms with Gasteiger partial charge in [0.25, 0.3) is 0 Å². The van der Waals surface area contributed by atoms with Crippen LogP contribution in [0, 0.1) is 5.82 Å². The predicted molar refractivity (Wildman–Crippen MR) is 64.5 cm³/mol. The molecular formula is C14H9F4N. The molecule has 0 amide bonds. The maximum atomic E-state index is 12.8. The molecule has 0 radical (unpaired) electrons. The molecule has 1 nitrogen and oxygen atoms in total. The number of aliphatic imine (C=N–C) groups is 1. The Labute approximate surface area is 107 Å². The first kappa shape index (κ1) is 13.3. The van der Waals surface area contributed by atoms with Gasteiger partial charge in [0.15, 0.2) is 0 Å². The van der Waals surface area contributed by atoms with Crippen molar-refractivity contribution in [3.8, 4) is 0 Å². The van der Waals surface area contributed by atoms with Gasteiger partial charge in [0, 0.05) is 11.1 Å². The van der Waals surface area contributed by atoms with E-state index < -0.39 is 12.1 Å². The van der Waals surface area contributed by atoms with Gasteiger partial charge in [-0.05, 0) is 24.3 Å². The van der Waals surface area contributed by atoms with Crippen molar-refractivity contribution in [1.82, 2.24) is 0 Å². The first-order valence-electron chi connectivity index (χ1n) is 5.44. The number of hydrogen-bond acceptors (Lipinski definition) is 1. The third-order valence-corrected chi connectivity index (χ3v) is 2.40. The van der Waals surface area contributed by atoms with Crippen LogP contribution in [0.3, 0.4) is 0 Å². The summed E-state index contributed by atoms with van der Waals surface area (Å²) in [6.07, 6.45) is -4.68.